The fourth-order valence-corrected chi connectivity index (χ4v) is 13.1. The Morgan fingerprint density at radius 3 is 2.34 bits per heavy atom. The zero-order valence-electron chi connectivity index (χ0n) is 17.6. The molecule has 174 valence electrons. The molecule has 1 aromatic rings. The summed E-state index contributed by atoms with van der Waals surface area (Å²) < 4.78 is 11.0. The lowest BCUT2D eigenvalue weighted by atomic mass is 9.87. The molecule has 5 aliphatic heterocycles. The first-order valence-electron chi connectivity index (χ1n) is 9.43. The zero-order chi connectivity index (χ0) is 23.4. The van der Waals surface area contributed by atoms with Gasteiger partial charge in [0.1, 0.15) is 12.3 Å². The van der Waals surface area contributed by atoms with Crippen molar-refractivity contribution in [3.05, 3.63) is 16.7 Å². The summed E-state index contributed by atoms with van der Waals surface area (Å²) in [4.78, 5) is 29.1. The highest BCUT2D eigenvalue weighted by Gasteiger charge is 2.80. The molecule has 0 aliphatic carbocycles. The number of fused-ring (bicyclic) bond motifs is 7. The van der Waals surface area contributed by atoms with Gasteiger partial charge in [0.25, 0.3) is 11.8 Å². The van der Waals surface area contributed by atoms with E-state index in [0.717, 1.165) is 10.8 Å². The molecule has 9 nitrogen and oxygen atoms in total. The number of carbonyl (C=O) groups is 2. The highest BCUT2D eigenvalue weighted by Crippen LogP contribution is 2.69. The second-order valence-corrected chi connectivity index (χ2v) is 14.8. The average molecular weight is 538 g/mol. The van der Waals surface area contributed by atoms with E-state index in [0.29, 0.717) is 5.69 Å². The van der Waals surface area contributed by atoms with E-state index < -0.39 is 33.5 Å². The Balaban J connectivity index is 1.82. The van der Waals surface area contributed by atoms with Crippen LogP contribution >= 0.6 is 52.8 Å². The van der Waals surface area contributed by atoms with Crippen LogP contribution in [0.2, 0.25) is 5.02 Å². The van der Waals surface area contributed by atoms with Crippen molar-refractivity contribution in [3.8, 4) is 11.5 Å². The summed E-state index contributed by atoms with van der Waals surface area (Å²) in [5.41, 5.74) is -1.30. The van der Waals surface area contributed by atoms with Crippen LogP contribution < -0.4 is 14.4 Å². The monoisotopic (exact) mass is 537 g/mol. The normalized spacial score (nSPS) is 37.8. The Morgan fingerprint density at radius 2 is 1.72 bits per heavy atom. The number of hydrogen-bond acceptors (Lipinski definition) is 11. The maximum atomic E-state index is 13.9. The summed E-state index contributed by atoms with van der Waals surface area (Å²) in [5.74, 6) is -0.274. The number of likely N-dealkylation sites (N-methyl/N-ethyl adjacent to an activating group) is 2. The molecule has 2 amide bonds. The van der Waals surface area contributed by atoms with Crippen molar-refractivity contribution < 1.29 is 29.3 Å². The number of benzene rings is 1. The molecule has 1 aromatic carbocycles. The van der Waals surface area contributed by atoms with Gasteiger partial charge in [-0.15, -0.1) is 0 Å². The molecule has 0 unspecified atom stereocenters. The Morgan fingerprint density at radius 1 is 1.09 bits per heavy atom. The quantitative estimate of drug-likeness (QED) is 0.542. The molecule has 6 rings (SSSR count). The second-order valence-electron chi connectivity index (χ2n) is 8.05. The first-order chi connectivity index (χ1) is 15.0. The summed E-state index contributed by atoms with van der Waals surface area (Å²) >= 11 is 6.44. The number of ether oxygens (including phenoxy) is 2. The third-order valence-corrected chi connectivity index (χ3v) is 14.4. The molecule has 2 bridgehead atoms. The highest BCUT2D eigenvalue weighted by molar-refractivity contribution is 9.26. The largest absolute Gasteiger partial charge is 0.491 e. The van der Waals surface area contributed by atoms with Crippen molar-refractivity contribution in [2.75, 3.05) is 33.2 Å². The van der Waals surface area contributed by atoms with Gasteiger partial charge in [-0.3, -0.25) is 14.5 Å². The summed E-state index contributed by atoms with van der Waals surface area (Å²) in [7, 11) is 11.1. The maximum Gasteiger partial charge on any atom is 0.264 e. The fraction of sp³-hybridized carbons (Fsp3) is 0.556. The first kappa shape index (κ1) is 22.9. The molecule has 5 atom stereocenters. The molecule has 4 saturated heterocycles. The Kier molecular flexibility index (Phi) is 5.08. The lowest BCUT2D eigenvalue weighted by molar-refractivity contribution is -0.166. The van der Waals surface area contributed by atoms with E-state index in [1.807, 2.05) is 0 Å². The Hall–Kier alpha value is -0.830. The second kappa shape index (κ2) is 7.09. The number of hydrogen-bond donors (Lipinski definition) is 2. The smallest absolute Gasteiger partial charge is 0.264 e. The van der Waals surface area contributed by atoms with Crippen molar-refractivity contribution in [2.24, 2.45) is 0 Å². The molecular weight excluding hydrogens is 518 g/mol. The number of methoxy groups -OCH3 is 2. The van der Waals surface area contributed by atoms with Crippen LogP contribution in [0.4, 0.5) is 5.69 Å². The van der Waals surface area contributed by atoms with Crippen molar-refractivity contribution >= 4 is 70.3 Å². The molecule has 0 saturated carbocycles. The molecule has 2 N–H and O–H groups in total. The zero-order valence-corrected chi connectivity index (χ0v) is 21.6. The highest BCUT2D eigenvalue weighted by atomic mass is 35.5. The molecule has 14 heteroatoms. The number of piperazine rings is 1. The van der Waals surface area contributed by atoms with Crippen LogP contribution in [-0.4, -0.2) is 82.2 Å². The number of aliphatic hydroxyl groups is 2. The average Bonchev–Trinajstić information content (AvgIpc) is 3.10. The molecule has 1 spiro atoms. The van der Waals surface area contributed by atoms with Gasteiger partial charge in [0.2, 0.25) is 4.87 Å². The van der Waals surface area contributed by atoms with Crippen LogP contribution in [0.1, 0.15) is 12.5 Å². The number of nitrogens with zero attached hydrogens (tertiary/aromatic N) is 3. The van der Waals surface area contributed by atoms with E-state index >= 15 is 0 Å². The lowest BCUT2D eigenvalue weighted by Crippen LogP contribution is -2.75. The number of aliphatic hydroxyl groups excluding tert-OH is 1. The maximum absolute atomic E-state index is 13.9. The predicted molar refractivity (Wildman–Crippen MR) is 128 cm³/mol. The third kappa shape index (κ3) is 2.31. The van der Waals surface area contributed by atoms with Crippen molar-refractivity contribution in [1.29, 1.82) is 0 Å². The van der Waals surface area contributed by atoms with Crippen molar-refractivity contribution in [2.45, 2.75) is 34.5 Å². The summed E-state index contributed by atoms with van der Waals surface area (Å²) in [5, 5.41) is 24.0. The van der Waals surface area contributed by atoms with Crippen LogP contribution in [0.15, 0.2) is 6.07 Å². The SMILES string of the molecule is COc1c(Cl)cc2c(c1OC)N(C)[C@@H]1N3C(=O)[C@]4(C)SSSS[C@]3(C(=O)N4C)[C@H](O)[C@]21O. The Bertz CT molecular complexity index is 1070. The molecule has 5 heterocycles. The number of rotatable bonds is 2. The third-order valence-electron chi connectivity index (χ3n) is 6.76. The van der Waals surface area contributed by atoms with Gasteiger partial charge in [0.15, 0.2) is 22.0 Å². The van der Waals surface area contributed by atoms with Crippen molar-refractivity contribution in [1.82, 2.24) is 9.80 Å². The van der Waals surface area contributed by atoms with Crippen molar-refractivity contribution in [3.63, 3.8) is 0 Å². The number of halogens is 1. The van der Waals surface area contributed by atoms with Gasteiger partial charge < -0.3 is 29.5 Å². The van der Waals surface area contributed by atoms with Gasteiger partial charge >= 0.3 is 0 Å². The predicted octanol–water partition coefficient (Wildman–Crippen LogP) is 2.10. The van der Waals surface area contributed by atoms with Gasteiger partial charge in [-0.05, 0) is 54.2 Å². The topological polar surface area (TPSA) is 103 Å². The number of amides is 2. The molecule has 0 radical (unpaired) electrons. The van der Waals surface area contributed by atoms with Gasteiger partial charge in [-0.25, -0.2) is 0 Å². The minimum Gasteiger partial charge on any atom is -0.491 e. The minimum absolute atomic E-state index is 0.175. The molecule has 5 aliphatic rings. The van der Waals surface area contributed by atoms with Crippen LogP contribution in [-0.2, 0) is 15.2 Å². The van der Waals surface area contributed by atoms with Gasteiger partial charge in [-0.1, -0.05) is 11.6 Å². The summed E-state index contributed by atoms with van der Waals surface area (Å²) in [6.07, 6.45) is -2.70. The lowest BCUT2D eigenvalue weighted by Gasteiger charge is -2.54. The van der Waals surface area contributed by atoms with Gasteiger partial charge in [-0.2, -0.15) is 0 Å². The summed E-state index contributed by atoms with van der Waals surface area (Å²) in [6, 6.07) is 1.50. The van der Waals surface area contributed by atoms with E-state index in [1.165, 1.54) is 60.5 Å². The Labute approximate surface area is 204 Å². The first-order valence-corrected chi connectivity index (χ1v) is 14.6. The van der Waals surface area contributed by atoms with Crippen LogP contribution in [0.5, 0.6) is 11.5 Å². The number of carbonyl (C=O) groups excluding carboxylic acids is 2. The molecule has 0 aromatic heterocycles. The van der Waals surface area contributed by atoms with E-state index in [1.54, 1.807) is 25.9 Å². The molecular formula is C18H20ClN3O6S4. The van der Waals surface area contributed by atoms with Crippen LogP contribution in [0.25, 0.3) is 0 Å². The molecule has 32 heavy (non-hydrogen) atoms. The standard InChI is InChI=1S/C18H20ClN3O6S4/c1-16-14(24)22-13-17(26,12(23)18(22,15(25)21(16)3)30-32-31-29-16)7-6-8(19)10(27-4)11(28-5)9(7)20(13)2/h6,12-13,23,26H,1-5H3/t12-,13-,16+,17-,18+/m1/s1. The van der Waals surface area contributed by atoms with Crippen LogP contribution in [0.3, 0.4) is 0 Å². The summed E-state index contributed by atoms with van der Waals surface area (Å²) in [6.45, 7) is 1.68. The van der Waals surface area contributed by atoms with E-state index in [-0.39, 0.29) is 28.0 Å². The van der Waals surface area contributed by atoms with Crippen LogP contribution in [0, 0.1) is 0 Å². The minimum atomic E-state index is -2.00. The van der Waals surface area contributed by atoms with E-state index in [9.17, 15) is 19.8 Å². The van der Waals surface area contributed by atoms with Gasteiger partial charge in [0.05, 0.1) is 24.9 Å². The van der Waals surface area contributed by atoms with Gasteiger partial charge in [0, 0.05) is 19.7 Å². The van der Waals surface area contributed by atoms with E-state index in [4.69, 9.17) is 21.1 Å². The number of anilines is 1. The molecule has 4 fully saturated rings. The fourth-order valence-electron chi connectivity index (χ4n) is 5.10. The van der Waals surface area contributed by atoms with E-state index in [2.05, 4.69) is 0 Å².